The Morgan fingerprint density at radius 1 is 1.40 bits per heavy atom. The van der Waals surface area contributed by atoms with Crippen LogP contribution in [0.3, 0.4) is 0 Å². The summed E-state index contributed by atoms with van der Waals surface area (Å²) in [5, 5.41) is 20.5. The Kier molecular flexibility index (Phi) is 5.74. The molecule has 0 fully saturated rings. The highest BCUT2D eigenvalue weighted by molar-refractivity contribution is 5.85. The Hall–Kier alpha value is -1.26. The molecule has 0 heterocycles. The van der Waals surface area contributed by atoms with Crippen molar-refractivity contribution < 1.29 is 15.0 Å². The van der Waals surface area contributed by atoms with Gasteiger partial charge in [0.2, 0.25) is 0 Å². The van der Waals surface area contributed by atoms with Gasteiger partial charge in [0.05, 0.1) is 0 Å². The van der Waals surface area contributed by atoms with E-state index >= 15 is 0 Å². The number of hydrogen-bond acceptors (Lipinski definition) is 3. The summed E-state index contributed by atoms with van der Waals surface area (Å²) in [7, 11) is 1.61. The summed E-state index contributed by atoms with van der Waals surface area (Å²) >= 11 is 0. The molecule has 4 nitrogen and oxygen atoms in total. The van der Waals surface area contributed by atoms with Crippen LogP contribution >= 0.6 is 12.4 Å². The number of phenolic OH excluding ortho intramolecular Hbond substituents is 1. The molecular formula is C10H14ClNO3. The average Bonchev–Trinajstić information content (AvgIpc) is 2.16. The first-order valence-corrected chi connectivity index (χ1v) is 4.31. The summed E-state index contributed by atoms with van der Waals surface area (Å²) in [5.41, 5.74) is 0.879. The molecule has 0 saturated heterocycles. The van der Waals surface area contributed by atoms with Crippen LogP contribution < -0.4 is 5.32 Å². The number of benzene rings is 1. The molecule has 0 spiro atoms. The van der Waals surface area contributed by atoms with Crippen LogP contribution in [0.4, 0.5) is 0 Å². The minimum Gasteiger partial charge on any atom is -0.508 e. The lowest BCUT2D eigenvalue weighted by Crippen LogP contribution is -2.35. The Morgan fingerprint density at radius 3 is 2.33 bits per heavy atom. The highest BCUT2D eigenvalue weighted by Gasteiger charge is 2.14. The van der Waals surface area contributed by atoms with Gasteiger partial charge in [0.15, 0.2) is 0 Å². The quantitative estimate of drug-likeness (QED) is 0.724. The standard InChI is InChI=1S/C10H13NO3.ClH/c1-11-9(10(13)14)6-7-2-4-8(12)5-3-7;/h2-5,9,11-12H,6H2,1H3,(H,13,14);1H. The maximum absolute atomic E-state index is 10.7. The Morgan fingerprint density at radius 2 is 1.93 bits per heavy atom. The Labute approximate surface area is 94.3 Å². The number of nitrogens with one attached hydrogen (secondary N) is 1. The molecule has 0 aromatic heterocycles. The van der Waals surface area contributed by atoms with E-state index in [0.29, 0.717) is 6.42 Å². The van der Waals surface area contributed by atoms with Gasteiger partial charge in [-0.1, -0.05) is 12.1 Å². The minimum absolute atomic E-state index is 0. The lowest BCUT2D eigenvalue weighted by molar-refractivity contribution is -0.139. The van der Waals surface area contributed by atoms with Crippen molar-refractivity contribution in [1.82, 2.24) is 5.32 Å². The molecule has 1 aromatic carbocycles. The van der Waals surface area contributed by atoms with Crippen molar-refractivity contribution >= 4 is 18.4 Å². The number of aromatic hydroxyl groups is 1. The summed E-state index contributed by atoms with van der Waals surface area (Å²) in [6, 6.07) is 5.93. The number of aliphatic carboxylic acids is 1. The van der Waals surface area contributed by atoms with Crippen LogP contribution in [0, 0.1) is 0 Å². The van der Waals surface area contributed by atoms with Crippen LogP contribution in [0.5, 0.6) is 5.75 Å². The third-order valence-corrected chi connectivity index (χ3v) is 2.02. The zero-order chi connectivity index (χ0) is 10.6. The molecule has 84 valence electrons. The van der Waals surface area contributed by atoms with Crippen LogP contribution in [0.15, 0.2) is 24.3 Å². The zero-order valence-corrected chi connectivity index (χ0v) is 9.12. The molecule has 0 saturated carbocycles. The van der Waals surface area contributed by atoms with Gasteiger partial charge in [0.25, 0.3) is 0 Å². The van der Waals surface area contributed by atoms with E-state index in [4.69, 9.17) is 10.2 Å². The zero-order valence-electron chi connectivity index (χ0n) is 8.30. The predicted octanol–water partition coefficient (Wildman–Crippen LogP) is 1.03. The fourth-order valence-electron chi connectivity index (χ4n) is 1.18. The SMILES string of the molecule is CNC(Cc1ccc(O)cc1)C(=O)O.Cl. The topological polar surface area (TPSA) is 69.6 Å². The molecule has 0 aliphatic carbocycles. The molecule has 5 heteroatoms. The van der Waals surface area contributed by atoms with Crippen molar-refractivity contribution in [3.63, 3.8) is 0 Å². The highest BCUT2D eigenvalue weighted by atomic mass is 35.5. The van der Waals surface area contributed by atoms with Gasteiger partial charge < -0.3 is 15.5 Å². The Balaban J connectivity index is 0.00000196. The second-order valence-corrected chi connectivity index (χ2v) is 3.05. The molecular weight excluding hydrogens is 218 g/mol. The summed E-state index contributed by atoms with van der Waals surface area (Å²) < 4.78 is 0. The summed E-state index contributed by atoms with van der Waals surface area (Å²) in [4.78, 5) is 10.7. The monoisotopic (exact) mass is 231 g/mol. The van der Waals surface area contributed by atoms with E-state index in [9.17, 15) is 4.79 Å². The van der Waals surface area contributed by atoms with E-state index in [1.54, 1.807) is 31.3 Å². The molecule has 0 amide bonds. The fraction of sp³-hybridized carbons (Fsp3) is 0.300. The van der Waals surface area contributed by atoms with Crippen LogP contribution in [-0.2, 0) is 11.2 Å². The van der Waals surface area contributed by atoms with E-state index < -0.39 is 12.0 Å². The number of phenols is 1. The third kappa shape index (κ3) is 4.18. The highest BCUT2D eigenvalue weighted by Crippen LogP contribution is 2.11. The van der Waals surface area contributed by atoms with Crippen molar-refractivity contribution in [1.29, 1.82) is 0 Å². The van der Waals surface area contributed by atoms with Gasteiger partial charge in [-0.3, -0.25) is 4.79 Å². The summed E-state index contributed by atoms with van der Waals surface area (Å²) in [6.45, 7) is 0. The third-order valence-electron chi connectivity index (χ3n) is 2.02. The second-order valence-electron chi connectivity index (χ2n) is 3.05. The summed E-state index contributed by atoms with van der Waals surface area (Å²) in [5.74, 6) is -0.689. The van der Waals surface area contributed by atoms with Gasteiger partial charge in [0, 0.05) is 0 Å². The maximum atomic E-state index is 10.7. The van der Waals surface area contributed by atoms with Gasteiger partial charge in [0.1, 0.15) is 11.8 Å². The van der Waals surface area contributed by atoms with Crippen LogP contribution in [0.25, 0.3) is 0 Å². The maximum Gasteiger partial charge on any atom is 0.321 e. The molecule has 1 aromatic rings. The van der Waals surface area contributed by atoms with Crippen LogP contribution in [0.2, 0.25) is 0 Å². The van der Waals surface area contributed by atoms with Crippen molar-refractivity contribution in [2.24, 2.45) is 0 Å². The molecule has 0 aliphatic heterocycles. The number of halogens is 1. The van der Waals surface area contributed by atoms with Crippen LogP contribution in [0.1, 0.15) is 5.56 Å². The molecule has 3 N–H and O–H groups in total. The smallest absolute Gasteiger partial charge is 0.321 e. The van der Waals surface area contributed by atoms with E-state index in [-0.39, 0.29) is 18.2 Å². The molecule has 1 atom stereocenters. The molecule has 0 bridgehead atoms. The molecule has 15 heavy (non-hydrogen) atoms. The minimum atomic E-state index is -0.874. The molecule has 1 rings (SSSR count). The molecule has 0 aliphatic rings. The van der Waals surface area contributed by atoms with Crippen molar-refractivity contribution in [2.45, 2.75) is 12.5 Å². The normalized spacial score (nSPS) is 11.5. The first-order chi connectivity index (χ1) is 6.63. The first-order valence-electron chi connectivity index (χ1n) is 4.31. The van der Waals surface area contributed by atoms with E-state index in [1.807, 2.05) is 0 Å². The fourth-order valence-corrected chi connectivity index (χ4v) is 1.18. The Bertz CT molecular complexity index is 313. The lowest BCUT2D eigenvalue weighted by atomic mass is 10.1. The number of carbonyl (C=O) groups is 1. The number of carboxylic acid groups (broad SMARTS) is 1. The lowest BCUT2D eigenvalue weighted by Gasteiger charge is -2.10. The van der Waals surface area contributed by atoms with Gasteiger partial charge >= 0.3 is 5.97 Å². The van der Waals surface area contributed by atoms with E-state index in [1.165, 1.54) is 0 Å². The average molecular weight is 232 g/mol. The van der Waals surface area contributed by atoms with Crippen molar-refractivity contribution in [3.8, 4) is 5.75 Å². The number of hydrogen-bond donors (Lipinski definition) is 3. The number of carboxylic acids is 1. The molecule has 0 radical (unpaired) electrons. The van der Waals surface area contributed by atoms with Gasteiger partial charge in [-0.05, 0) is 31.2 Å². The van der Waals surface area contributed by atoms with Gasteiger partial charge in [-0.15, -0.1) is 12.4 Å². The largest absolute Gasteiger partial charge is 0.508 e. The molecule has 1 unspecified atom stereocenters. The van der Waals surface area contributed by atoms with Gasteiger partial charge in [-0.25, -0.2) is 0 Å². The van der Waals surface area contributed by atoms with Gasteiger partial charge in [-0.2, -0.15) is 0 Å². The predicted molar refractivity (Wildman–Crippen MR) is 59.5 cm³/mol. The van der Waals surface area contributed by atoms with E-state index in [0.717, 1.165) is 5.56 Å². The number of rotatable bonds is 4. The summed E-state index contributed by atoms with van der Waals surface area (Å²) in [6.07, 6.45) is 0.409. The number of likely N-dealkylation sites (N-methyl/N-ethyl adjacent to an activating group) is 1. The van der Waals surface area contributed by atoms with Crippen molar-refractivity contribution in [3.05, 3.63) is 29.8 Å². The van der Waals surface area contributed by atoms with Crippen molar-refractivity contribution in [2.75, 3.05) is 7.05 Å². The van der Waals surface area contributed by atoms with Crippen LogP contribution in [-0.4, -0.2) is 29.3 Å². The van der Waals surface area contributed by atoms with E-state index in [2.05, 4.69) is 5.32 Å². The second kappa shape index (κ2) is 6.27. The first kappa shape index (κ1) is 13.7.